The molecule has 12 rings (SSSR count). The van der Waals surface area contributed by atoms with Gasteiger partial charge in [0.25, 0.3) is 0 Å². The van der Waals surface area contributed by atoms with Crippen molar-refractivity contribution in [3.05, 3.63) is 203 Å². The average molecular weight is 1430 g/mol. The third kappa shape index (κ3) is 19.7. The number of carbonyl (C=O) groups is 6. The second kappa shape index (κ2) is 35.5. The summed E-state index contributed by atoms with van der Waals surface area (Å²) in [4.78, 5) is 94.4. The summed E-state index contributed by atoms with van der Waals surface area (Å²) in [6.45, 7) is 7.51. The highest BCUT2D eigenvalue weighted by Gasteiger charge is 2.33. The Morgan fingerprint density at radius 1 is 0.564 bits per heavy atom. The molecule has 10 aromatic rings. The van der Waals surface area contributed by atoms with Gasteiger partial charge in [-0.3, -0.25) is 38.1 Å². The van der Waals surface area contributed by atoms with Gasteiger partial charge in [-0.2, -0.15) is 10.2 Å². The molecule has 0 radical (unpaired) electrons. The molecule has 2 atom stereocenters. The number of rotatable bonds is 17. The lowest BCUT2D eigenvalue weighted by atomic mass is 10.0. The molecular weight excluding hydrogens is 1360 g/mol. The van der Waals surface area contributed by atoms with Crippen LogP contribution in [0.4, 0.5) is 42.9 Å². The number of benzene rings is 6. The number of hydrogen-bond acceptors (Lipinski definition) is 16. The van der Waals surface area contributed by atoms with Gasteiger partial charge in [0, 0.05) is 88.9 Å². The first-order valence-electron chi connectivity index (χ1n) is 32.6. The van der Waals surface area contributed by atoms with Gasteiger partial charge in [0.05, 0.1) is 64.6 Å². The van der Waals surface area contributed by atoms with E-state index in [4.69, 9.17) is 39.9 Å². The highest BCUT2D eigenvalue weighted by Crippen LogP contribution is 2.36. The zero-order valence-electron chi connectivity index (χ0n) is 56.4. The summed E-state index contributed by atoms with van der Waals surface area (Å²) >= 11 is 18.2. The van der Waals surface area contributed by atoms with Gasteiger partial charge in [0.15, 0.2) is 23.2 Å². The first-order valence-corrected chi connectivity index (χ1v) is 33.7. The highest BCUT2D eigenvalue weighted by atomic mass is 35.5. The number of halogens is 5. The Hall–Kier alpha value is -10.5. The number of ketones is 2. The second-order valence-corrected chi connectivity index (χ2v) is 25.4. The molecule has 2 aliphatic rings. The third-order valence-electron chi connectivity index (χ3n) is 16.3. The minimum atomic E-state index is -1.02. The number of carboxylic acid groups (broad SMARTS) is 1. The summed E-state index contributed by atoms with van der Waals surface area (Å²) in [6, 6.07) is 33.3. The van der Waals surface area contributed by atoms with Crippen molar-refractivity contribution in [1.82, 2.24) is 54.6 Å². The summed E-state index contributed by atoms with van der Waals surface area (Å²) in [6.07, 6.45) is 16.1. The van der Waals surface area contributed by atoms with Crippen LogP contribution in [-0.2, 0) is 32.3 Å². The lowest BCUT2D eigenvalue weighted by Gasteiger charge is -2.29. The van der Waals surface area contributed by atoms with Crippen LogP contribution in [-0.4, -0.2) is 129 Å². The van der Waals surface area contributed by atoms with E-state index in [1.807, 2.05) is 38.9 Å². The molecule has 0 saturated carbocycles. The molecule has 101 heavy (non-hydrogen) atoms. The molecule has 22 nitrogen and oxygen atoms in total. The maximum atomic E-state index is 15.7. The standard InChI is InChI=1S/C34H31ClFN7O3.C19H20ClFN2O.C15H13N5O3.C6H12ClN/c1-21(44)33-26-16-22(39-23-17-37-20-38-18-23)13-14-29(26)43(41-33)19-31(45)42-15-6-2-3-12-30(42)34(46)40-28-11-7-9-25(32(28)36)24-8-4-5-10-27(24)35;20-15-9-4-3-7-13(15)14-8-6-11-16(18(14)21)23-19(24)17-10-2-1-5-12-22-17;1-9(21)15-12-4-10(18-11-5-16-8-17-6-11)2-3-13(12)20(19-15)7-14(22)23;1-5(2)6(7)8(3)4/h4-5,7-11,13-14,16-18,20,30,39H,2-3,6,12,15,19H2,1H3,(H,40,46);3-4,6-9,11,17,22H,1-2,5,10,12H2,(H,23,24);2-6,8,18H,7H2,1H3,(H,22,23);1-4H3/t30-;17-;;/m00../s1. The molecule has 0 aliphatic carbocycles. The second-order valence-electron chi connectivity index (χ2n) is 24.3. The summed E-state index contributed by atoms with van der Waals surface area (Å²) in [5.74, 6) is -3.54. The van der Waals surface area contributed by atoms with Crippen LogP contribution in [0.5, 0.6) is 0 Å². The number of allylic oxidation sites excluding steroid dienone is 1. The van der Waals surface area contributed by atoms with Crippen LogP contribution in [0.2, 0.25) is 10.0 Å². The summed E-state index contributed by atoms with van der Waals surface area (Å²) in [5.41, 5.74) is 7.58. The van der Waals surface area contributed by atoms with Crippen molar-refractivity contribution in [3.63, 3.8) is 0 Å². The van der Waals surface area contributed by atoms with Gasteiger partial charge >= 0.3 is 5.97 Å². The van der Waals surface area contributed by atoms with Crippen molar-refractivity contribution in [3.8, 4) is 22.3 Å². The maximum absolute atomic E-state index is 15.7. The zero-order chi connectivity index (χ0) is 72.3. The maximum Gasteiger partial charge on any atom is 0.325 e. The zero-order valence-corrected chi connectivity index (χ0v) is 58.7. The largest absolute Gasteiger partial charge is 0.480 e. The number of carboxylic acids is 1. The quantitative estimate of drug-likeness (QED) is 0.0365. The summed E-state index contributed by atoms with van der Waals surface area (Å²) in [5, 5.41) is 35.4. The van der Waals surface area contributed by atoms with Crippen molar-refractivity contribution in [2.24, 2.45) is 0 Å². The van der Waals surface area contributed by atoms with Crippen LogP contribution >= 0.6 is 34.8 Å². The lowest BCUT2D eigenvalue weighted by molar-refractivity contribution is -0.139. The van der Waals surface area contributed by atoms with Crippen LogP contribution in [0, 0.1) is 11.6 Å². The number of hydrogen-bond donors (Lipinski definition) is 6. The first kappa shape index (κ1) is 74.7. The Balaban J connectivity index is 0.000000181. The van der Waals surface area contributed by atoms with Crippen molar-refractivity contribution in [1.29, 1.82) is 0 Å². The van der Waals surface area contributed by atoms with E-state index in [-0.39, 0.29) is 70.8 Å². The topological polar surface area (TPSA) is 276 Å². The van der Waals surface area contributed by atoms with E-state index in [0.717, 1.165) is 67.9 Å². The SMILES string of the molecule is CC(=O)c1nn(CC(=O)N2CCCCC[C@H]2C(=O)Nc2cccc(-c3ccccc3Cl)c2F)c2ccc(Nc3cncnc3)cc12.CC(=O)c1nn(CC(=O)O)c2ccc(Nc3cncnc3)cc12.CC(C)=C(Cl)N(C)C.O=C(Nc1cccc(-c2ccccc2Cl)c1F)[C@@H]1CCCCCN1. The smallest absolute Gasteiger partial charge is 0.325 e. The predicted molar refractivity (Wildman–Crippen MR) is 391 cm³/mol. The van der Waals surface area contributed by atoms with Gasteiger partial charge in [0.1, 0.15) is 48.3 Å². The van der Waals surface area contributed by atoms with Gasteiger partial charge < -0.3 is 41.5 Å². The highest BCUT2D eigenvalue weighted by molar-refractivity contribution is 6.33. The molecule has 6 heterocycles. The fourth-order valence-electron chi connectivity index (χ4n) is 11.5. The van der Waals surface area contributed by atoms with Gasteiger partial charge in [-0.05, 0) is 112 Å². The molecule has 0 bridgehead atoms. The van der Waals surface area contributed by atoms with E-state index in [0.29, 0.717) is 78.6 Å². The van der Waals surface area contributed by atoms with Gasteiger partial charge in [-0.1, -0.05) is 121 Å². The van der Waals surface area contributed by atoms with Gasteiger partial charge in [-0.15, -0.1) is 0 Å². The number of anilines is 6. The van der Waals surface area contributed by atoms with Crippen molar-refractivity contribution in [2.75, 3.05) is 48.5 Å². The number of nitrogens with zero attached hydrogens (tertiary/aromatic N) is 10. The Kier molecular flexibility index (Phi) is 26.2. The number of aromatic nitrogens is 8. The number of Topliss-reactive ketones (excluding diaryl/α,β-unsaturated/α-hetero) is 2. The fourth-order valence-corrected chi connectivity index (χ4v) is 12.0. The number of likely N-dealkylation sites (tertiary alicyclic amines) is 1. The van der Waals surface area contributed by atoms with Crippen molar-refractivity contribution < 1.29 is 42.7 Å². The molecule has 27 heteroatoms. The number of amides is 3. The fraction of sp³-hybridized carbons (Fsp3) is 0.270. The molecule has 0 spiro atoms. The first-order chi connectivity index (χ1) is 48.6. The molecule has 6 aromatic carbocycles. The summed E-state index contributed by atoms with van der Waals surface area (Å²) in [7, 11) is 3.85. The lowest BCUT2D eigenvalue weighted by Crippen LogP contribution is -2.48. The predicted octanol–water partition coefficient (Wildman–Crippen LogP) is 15.2. The van der Waals surface area contributed by atoms with Crippen molar-refractivity contribution in [2.45, 2.75) is 104 Å². The van der Waals surface area contributed by atoms with E-state index in [1.165, 1.54) is 41.9 Å². The molecule has 4 aromatic heterocycles. The Morgan fingerprint density at radius 2 is 1.03 bits per heavy atom. The number of nitrogens with one attached hydrogen (secondary N) is 5. The van der Waals surface area contributed by atoms with E-state index in [9.17, 15) is 33.2 Å². The van der Waals surface area contributed by atoms with Crippen LogP contribution in [0.15, 0.2) is 169 Å². The normalized spacial score (nSPS) is 14.2. The number of carbonyl (C=O) groups excluding carboxylic acids is 5. The monoisotopic (exact) mass is 1430 g/mol. The molecule has 0 unspecified atom stereocenters. The molecule has 524 valence electrons. The Bertz CT molecular complexity index is 4640. The van der Waals surface area contributed by atoms with Gasteiger partial charge in [0.2, 0.25) is 17.7 Å². The average Bonchev–Trinajstić information content (AvgIpc) is 1.69. The van der Waals surface area contributed by atoms with Crippen LogP contribution in [0.3, 0.4) is 0 Å². The van der Waals surface area contributed by atoms with Gasteiger partial charge in [-0.25, -0.2) is 28.7 Å². The molecular formula is C74H76Cl3F2N15O7. The van der Waals surface area contributed by atoms with Crippen molar-refractivity contribution >= 4 is 126 Å². The third-order valence-corrected chi connectivity index (χ3v) is 17.7. The minimum absolute atomic E-state index is 0.00900. The molecule has 3 amide bonds. The summed E-state index contributed by atoms with van der Waals surface area (Å²) < 4.78 is 33.3. The Labute approximate surface area is 597 Å². The van der Waals surface area contributed by atoms with E-state index < -0.39 is 29.6 Å². The molecule has 2 fully saturated rings. The molecule has 2 saturated heterocycles. The van der Waals surface area contributed by atoms with Crippen LogP contribution < -0.4 is 26.6 Å². The molecule has 2 aliphatic heterocycles. The van der Waals surface area contributed by atoms with E-state index in [1.54, 1.807) is 139 Å². The van der Waals surface area contributed by atoms with E-state index >= 15 is 4.39 Å². The van der Waals surface area contributed by atoms with Crippen LogP contribution in [0.1, 0.15) is 100 Å². The molecule has 6 N–H and O–H groups in total. The minimum Gasteiger partial charge on any atom is -0.480 e. The van der Waals surface area contributed by atoms with E-state index in [2.05, 4.69) is 56.7 Å². The number of fused-ring (bicyclic) bond motifs is 2. The Morgan fingerprint density at radius 3 is 1.50 bits per heavy atom. The van der Waals surface area contributed by atoms with Crippen LogP contribution in [0.25, 0.3) is 44.1 Å². The number of aliphatic carboxylic acids is 1.